The van der Waals surface area contributed by atoms with E-state index in [4.69, 9.17) is 9.15 Å². The van der Waals surface area contributed by atoms with Crippen LogP contribution in [0.4, 0.5) is 0 Å². The summed E-state index contributed by atoms with van der Waals surface area (Å²) in [7, 11) is 0. The van der Waals surface area contributed by atoms with Gasteiger partial charge in [0, 0.05) is 17.5 Å². The molecule has 0 aliphatic rings. The van der Waals surface area contributed by atoms with Gasteiger partial charge in [0.05, 0.1) is 12.0 Å². The Morgan fingerprint density at radius 2 is 1.64 bits per heavy atom. The van der Waals surface area contributed by atoms with Crippen molar-refractivity contribution in [2.45, 2.75) is 12.5 Å². The number of carboxylic acids is 1. The maximum Gasteiger partial charge on any atom is 0.336 e. The molecule has 0 bridgehead atoms. The molecule has 0 saturated carbocycles. The first-order valence-corrected chi connectivity index (χ1v) is 10.3. The predicted octanol–water partition coefficient (Wildman–Crippen LogP) is 2.32. The third-order valence-corrected chi connectivity index (χ3v) is 5.07. The number of hydrogen-bond acceptors (Lipinski definition) is 6. The number of nitrogens with one attached hydrogen (secondary N) is 1. The van der Waals surface area contributed by atoms with Crippen molar-refractivity contribution >= 4 is 22.8 Å². The van der Waals surface area contributed by atoms with E-state index in [0.717, 1.165) is 22.1 Å². The van der Waals surface area contributed by atoms with Crippen molar-refractivity contribution in [3.05, 3.63) is 101 Å². The molecule has 0 fully saturated rings. The van der Waals surface area contributed by atoms with Gasteiger partial charge in [0.15, 0.2) is 6.61 Å². The van der Waals surface area contributed by atoms with Crippen molar-refractivity contribution in [3.63, 3.8) is 0 Å². The molecule has 0 radical (unpaired) electrons. The minimum atomic E-state index is -1.38. The van der Waals surface area contributed by atoms with Gasteiger partial charge in [0.25, 0.3) is 5.91 Å². The molecule has 7 heteroatoms. The van der Waals surface area contributed by atoms with Crippen LogP contribution in [-0.2, 0) is 16.0 Å². The Labute approximate surface area is 189 Å². The molecule has 0 unspecified atom stereocenters. The number of fused-ring (bicyclic) bond motifs is 1. The Morgan fingerprint density at radius 3 is 2.33 bits per heavy atom. The zero-order chi connectivity index (χ0) is 23.2. The zero-order valence-electron chi connectivity index (χ0n) is 17.5. The van der Waals surface area contributed by atoms with Gasteiger partial charge in [-0.1, -0.05) is 60.7 Å². The van der Waals surface area contributed by atoms with Crippen LogP contribution < -0.4 is 20.8 Å². The highest BCUT2D eigenvalue weighted by atomic mass is 16.5. The maximum absolute atomic E-state index is 12.3. The third-order valence-electron chi connectivity index (χ3n) is 5.07. The lowest BCUT2D eigenvalue weighted by Crippen LogP contribution is -2.50. The Balaban J connectivity index is 1.46. The molecule has 0 aliphatic carbocycles. The van der Waals surface area contributed by atoms with E-state index in [0.29, 0.717) is 11.3 Å². The van der Waals surface area contributed by atoms with Gasteiger partial charge >= 0.3 is 5.63 Å². The molecule has 1 atom stereocenters. The largest absolute Gasteiger partial charge is 0.548 e. The number of hydrogen-bond donors (Lipinski definition) is 1. The molecule has 3 aromatic carbocycles. The van der Waals surface area contributed by atoms with Gasteiger partial charge in [-0.2, -0.15) is 0 Å². The molecule has 0 saturated heterocycles. The Hall–Kier alpha value is -4.39. The fraction of sp³-hybridized carbons (Fsp3) is 0.115. The normalized spacial score (nSPS) is 11.6. The van der Waals surface area contributed by atoms with E-state index in [-0.39, 0.29) is 6.42 Å². The fourth-order valence-electron chi connectivity index (χ4n) is 3.52. The quantitative estimate of drug-likeness (QED) is 0.420. The summed E-state index contributed by atoms with van der Waals surface area (Å²) in [5, 5.41) is 14.6. The van der Waals surface area contributed by atoms with Crippen LogP contribution in [0, 0.1) is 0 Å². The summed E-state index contributed by atoms with van der Waals surface area (Å²) < 4.78 is 10.8. The molecule has 1 amide bonds. The van der Waals surface area contributed by atoms with Crippen molar-refractivity contribution in [2.24, 2.45) is 0 Å². The average molecular weight is 442 g/mol. The molecule has 4 aromatic rings. The summed E-state index contributed by atoms with van der Waals surface area (Å²) in [6.07, 6.45) is 0.0955. The molecule has 7 nitrogen and oxygen atoms in total. The van der Waals surface area contributed by atoms with E-state index < -0.39 is 30.2 Å². The lowest BCUT2D eigenvalue weighted by atomic mass is 10.0. The summed E-state index contributed by atoms with van der Waals surface area (Å²) in [5.41, 5.74) is 2.16. The highest BCUT2D eigenvalue weighted by Crippen LogP contribution is 2.29. The highest BCUT2D eigenvalue weighted by molar-refractivity contribution is 5.93. The van der Waals surface area contributed by atoms with Crippen LogP contribution in [0.3, 0.4) is 0 Å². The van der Waals surface area contributed by atoms with Crippen LogP contribution in [0.1, 0.15) is 5.56 Å². The van der Waals surface area contributed by atoms with Crippen molar-refractivity contribution in [1.82, 2.24) is 5.32 Å². The van der Waals surface area contributed by atoms with E-state index in [1.54, 1.807) is 36.4 Å². The summed E-state index contributed by atoms with van der Waals surface area (Å²) in [5.74, 6) is -1.69. The minimum absolute atomic E-state index is 0.0955. The van der Waals surface area contributed by atoms with E-state index in [2.05, 4.69) is 5.32 Å². The second-order valence-corrected chi connectivity index (χ2v) is 7.42. The standard InChI is InChI=1S/C26H21NO6/c28-24(27-22(26(30)31)13-17-7-3-1-4-8-17)16-32-19-11-12-20-21(18-9-5-2-6-10-18)15-25(29)33-23(20)14-19/h1-12,14-15,22H,13,16H2,(H,27,28)(H,30,31)/p-1/t22-/m1/s1. The van der Waals surface area contributed by atoms with Crippen LogP contribution in [0.25, 0.3) is 22.1 Å². The van der Waals surface area contributed by atoms with E-state index >= 15 is 0 Å². The number of carbonyl (C=O) groups excluding carboxylic acids is 2. The predicted molar refractivity (Wildman–Crippen MR) is 120 cm³/mol. The van der Waals surface area contributed by atoms with Crippen LogP contribution in [0.2, 0.25) is 0 Å². The van der Waals surface area contributed by atoms with Crippen molar-refractivity contribution in [2.75, 3.05) is 6.61 Å². The Bertz CT molecular complexity index is 1330. The lowest BCUT2D eigenvalue weighted by molar-refractivity contribution is -0.308. The van der Waals surface area contributed by atoms with Crippen molar-refractivity contribution < 1.29 is 23.8 Å². The Morgan fingerprint density at radius 1 is 0.939 bits per heavy atom. The molecule has 1 heterocycles. The first-order valence-electron chi connectivity index (χ1n) is 10.3. The molecular formula is C26H20NO6-. The third kappa shape index (κ3) is 5.46. The molecule has 0 aliphatic heterocycles. The molecular weight excluding hydrogens is 422 g/mol. The molecule has 0 spiro atoms. The average Bonchev–Trinajstić information content (AvgIpc) is 2.82. The Kier molecular flexibility index (Phi) is 6.50. The molecule has 166 valence electrons. The van der Waals surface area contributed by atoms with Crippen LogP contribution >= 0.6 is 0 Å². The minimum Gasteiger partial charge on any atom is -0.548 e. The number of aliphatic carboxylic acids is 1. The van der Waals surface area contributed by atoms with E-state index in [9.17, 15) is 19.5 Å². The molecule has 4 rings (SSSR count). The van der Waals surface area contributed by atoms with Crippen LogP contribution in [0.5, 0.6) is 5.75 Å². The molecule has 1 N–H and O–H groups in total. The van der Waals surface area contributed by atoms with Gasteiger partial charge in [-0.15, -0.1) is 0 Å². The second kappa shape index (κ2) is 9.82. The highest BCUT2D eigenvalue weighted by Gasteiger charge is 2.15. The van der Waals surface area contributed by atoms with Gasteiger partial charge in [0.1, 0.15) is 11.3 Å². The van der Waals surface area contributed by atoms with Gasteiger partial charge in [-0.05, 0) is 35.2 Å². The number of carboxylic acid groups (broad SMARTS) is 1. The van der Waals surface area contributed by atoms with Gasteiger partial charge in [-0.25, -0.2) is 4.79 Å². The lowest BCUT2D eigenvalue weighted by Gasteiger charge is -2.20. The monoisotopic (exact) mass is 442 g/mol. The number of carbonyl (C=O) groups is 2. The van der Waals surface area contributed by atoms with Gasteiger partial charge in [0.2, 0.25) is 0 Å². The SMILES string of the molecule is O=C(COc1ccc2c(-c3ccccc3)cc(=O)oc2c1)N[C@H](Cc1ccccc1)C(=O)[O-]. The summed E-state index contributed by atoms with van der Waals surface area (Å²) >= 11 is 0. The van der Waals surface area contributed by atoms with E-state index in [1.807, 2.05) is 36.4 Å². The molecule has 1 aromatic heterocycles. The maximum atomic E-state index is 12.3. The number of rotatable bonds is 8. The van der Waals surface area contributed by atoms with Gasteiger partial charge in [-0.3, -0.25) is 4.79 Å². The summed E-state index contributed by atoms with van der Waals surface area (Å²) in [6.45, 7) is -0.410. The summed E-state index contributed by atoms with van der Waals surface area (Å²) in [4.78, 5) is 35.8. The summed E-state index contributed by atoms with van der Waals surface area (Å²) in [6, 6.07) is 23.5. The van der Waals surface area contributed by atoms with Gasteiger partial charge < -0.3 is 24.4 Å². The smallest absolute Gasteiger partial charge is 0.336 e. The fourth-order valence-corrected chi connectivity index (χ4v) is 3.52. The van der Waals surface area contributed by atoms with Crippen LogP contribution in [0.15, 0.2) is 94.1 Å². The van der Waals surface area contributed by atoms with Crippen molar-refractivity contribution in [1.29, 1.82) is 0 Å². The van der Waals surface area contributed by atoms with Crippen LogP contribution in [-0.4, -0.2) is 24.5 Å². The number of ether oxygens (including phenoxy) is 1. The van der Waals surface area contributed by atoms with E-state index in [1.165, 1.54) is 12.1 Å². The first-order chi connectivity index (χ1) is 16.0. The topological polar surface area (TPSA) is 109 Å². The first kappa shape index (κ1) is 21.8. The second-order valence-electron chi connectivity index (χ2n) is 7.42. The zero-order valence-corrected chi connectivity index (χ0v) is 17.5. The van der Waals surface area contributed by atoms with Crippen molar-refractivity contribution in [3.8, 4) is 16.9 Å². The number of amides is 1. The number of benzene rings is 3. The molecule has 33 heavy (non-hydrogen) atoms.